The van der Waals surface area contributed by atoms with Gasteiger partial charge in [-0.2, -0.15) is 0 Å². The molecule has 3 N–H and O–H groups in total. The fraction of sp³-hybridized carbons (Fsp3) is 0.467. The van der Waals surface area contributed by atoms with E-state index in [4.69, 9.17) is 17.3 Å². The Labute approximate surface area is 127 Å². The Morgan fingerprint density at radius 3 is 2.76 bits per heavy atom. The van der Waals surface area contributed by atoms with Gasteiger partial charge in [0.05, 0.1) is 11.3 Å². The van der Waals surface area contributed by atoms with Crippen LogP contribution in [0.15, 0.2) is 18.2 Å². The third kappa shape index (κ3) is 2.35. The van der Waals surface area contributed by atoms with E-state index in [1.54, 1.807) is 12.1 Å². The number of hydrogen-bond acceptors (Lipinski definition) is 3. The van der Waals surface area contributed by atoms with Gasteiger partial charge in [-0.1, -0.05) is 18.0 Å². The summed E-state index contributed by atoms with van der Waals surface area (Å²) < 4.78 is 0. The summed E-state index contributed by atoms with van der Waals surface area (Å²) >= 11 is 5.92. The summed E-state index contributed by atoms with van der Waals surface area (Å²) in [5, 5.41) is 10.0. The van der Waals surface area contributed by atoms with Crippen LogP contribution in [0.1, 0.15) is 29.6 Å². The first-order valence-electron chi connectivity index (χ1n) is 7.08. The topological polar surface area (TPSA) is 83.6 Å². The van der Waals surface area contributed by atoms with Crippen molar-refractivity contribution in [3.8, 4) is 0 Å². The maximum Gasteiger partial charge on any atom is 0.326 e. The van der Waals surface area contributed by atoms with Crippen molar-refractivity contribution in [2.24, 2.45) is 17.6 Å². The Morgan fingerprint density at radius 1 is 1.33 bits per heavy atom. The number of carbonyl (C=O) groups is 2. The highest BCUT2D eigenvalue weighted by atomic mass is 35.5. The van der Waals surface area contributed by atoms with E-state index in [2.05, 4.69) is 0 Å². The molecule has 1 saturated carbocycles. The van der Waals surface area contributed by atoms with Crippen molar-refractivity contribution in [1.29, 1.82) is 0 Å². The number of carbonyl (C=O) groups excluding carboxylic acids is 1. The quantitative estimate of drug-likeness (QED) is 0.896. The van der Waals surface area contributed by atoms with Crippen molar-refractivity contribution < 1.29 is 14.7 Å². The highest BCUT2D eigenvalue weighted by molar-refractivity contribution is 6.31. The minimum absolute atomic E-state index is 0.152. The van der Waals surface area contributed by atoms with Crippen LogP contribution in [0.3, 0.4) is 0 Å². The molecule has 5 nitrogen and oxygen atoms in total. The maximum absolute atomic E-state index is 11.7. The lowest BCUT2D eigenvalue weighted by molar-refractivity contribution is -0.139. The predicted octanol–water partition coefficient (Wildman–Crippen LogP) is 2.13. The van der Waals surface area contributed by atoms with Crippen molar-refractivity contribution in [1.82, 2.24) is 0 Å². The number of fused-ring (bicyclic) bond motifs is 1. The van der Waals surface area contributed by atoms with Gasteiger partial charge in [-0.3, -0.25) is 4.79 Å². The van der Waals surface area contributed by atoms with Gasteiger partial charge in [0.1, 0.15) is 6.04 Å². The van der Waals surface area contributed by atoms with Gasteiger partial charge in [-0.15, -0.1) is 0 Å². The Kier molecular flexibility index (Phi) is 3.53. The van der Waals surface area contributed by atoms with Gasteiger partial charge in [0, 0.05) is 11.6 Å². The number of rotatable bonds is 3. The Balaban J connectivity index is 2.03. The lowest BCUT2D eigenvalue weighted by Gasteiger charge is -2.28. The van der Waals surface area contributed by atoms with Crippen LogP contribution in [0.4, 0.5) is 5.69 Å². The number of benzene rings is 1. The fourth-order valence-electron chi connectivity index (χ4n) is 3.83. The zero-order valence-electron chi connectivity index (χ0n) is 11.5. The maximum atomic E-state index is 11.7. The lowest BCUT2D eigenvalue weighted by Crippen LogP contribution is -2.40. The minimum atomic E-state index is -0.838. The molecule has 3 atom stereocenters. The molecular formula is C15H17ClN2O3. The molecular weight excluding hydrogens is 292 g/mol. The van der Waals surface area contributed by atoms with E-state index in [9.17, 15) is 14.7 Å². The summed E-state index contributed by atoms with van der Waals surface area (Å²) in [7, 11) is 0. The van der Waals surface area contributed by atoms with Crippen LogP contribution in [-0.4, -0.2) is 29.6 Å². The molecule has 3 rings (SSSR count). The summed E-state index contributed by atoms with van der Waals surface area (Å²) in [4.78, 5) is 25.1. The second-order valence-electron chi connectivity index (χ2n) is 5.82. The number of nitrogens with two attached hydrogens (primary N) is 1. The largest absolute Gasteiger partial charge is 0.480 e. The van der Waals surface area contributed by atoms with Gasteiger partial charge in [0.15, 0.2) is 0 Å². The summed E-state index contributed by atoms with van der Waals surface area (Å²) in [5.41, 5.74) is 6.28. The van der Waals surface area contributed by atoms with Crippen LogP contribution in [-0.2, 0) is 4.79 Å². The van der Waals surface area contributed by atoms with Gasteiger partial charge in [-0.05, 0) is 42.9 Å². The van der Waals surface area contributed by atoms with Crippen molar-refractivity contribution in [2.75, 3.05) is 11.4 Å². The van der Waals surface area contributed by atoms with Crippen LogP contribution in [0.5, 0.6) is 0 Å². The monoisotopic (exact) mass is 308 g/mol. The highest BCUT2D eigenvalue weighted by Gasteiger charge is 2.48. The molecule has 1 heterocycles. The number of anilines is 1. The van der Waals surface area contributed by atoms with E-state index >= 15 is 0 Å². The SMILES string of the molecule is NC(=O)c1cc(Cl)ccc1N1CC2CCCC2C1C(=O)O. The van der Waals surface area contributed by atoms with Crippen molar-refractivity contribution >= 4 is 29.2 Å². The Hall–Kier alpha value is -1.75. The summed E-state index contributed by atoms with van der Waals surface area (Å²) in [6.07, 6.45) is 3.05. The van der Waals surface area contributed by atoms with E-state index < -0.39 is 17.9 Å². The third-order valence-corrected chi connectivity index (χ3v) is 4.91. The number of primary amides is 1. The number of carboxylic acids is 1. The molecule has 1 saturated heterocycles. The van der Waals surface area contributed by atoms with Crippen molar-refractivity contribution in [3.63, 3.8) is 0 Å². The summed E-state index contributed by atoms with van der Waals surface area (Å²) in [6, 6.07) is 4.28. The van der Waals surface area contributed by atoms with E-state index in [0.717, 1.165) is 19.3 Å². The average Bonchev–Trinajstić information content (AvgIpc) is 2.97. The standard InChI is InChI=1S/C15H17ClN2O3/c16-9-4-5-12(11(6-9)14(17)19)18-7-8-2-1-3-10(8)13(18)15(20)21/h4-6,8,10,13H,1-3,7H2,(H2,17,19)(H,20,21). The molecule has 1 aliphatic heterocycles. The molecule has 112 valence electrons. The molecule has 21 heavy (non-hydrogen) atoms. The zero-order chi connectivity index (χ0) is 15.1. The van der Waals surface area contributed by atoms with E-state index in [1.807, 2.05) is 4.90 Å². The van der Waals surface area contributed by atoms with Crippen molar-refractivity contribution in [3.05, 3.63) is 28.8 Å². The van der Waals surface area contributed by atoms with E-state index in [-0.39, 0.29) is 11.5 Å². The van der Waals surface area contributed by atoms with E-state index in [0.29, 0.717) is 23.2 Å². The first kappa shape index (κ1) is 14.2. The highest BCUT2D eigenvalue weighted by Crippen LogP contribution is 2.44. The minimum Gasteiger partial charge on any atom is -0.480 e. The molecule has 1 aromatic carbocycles. The van der Waals surface area contributed by atoms with Gasteiger partial charge < -0.3 is 15.7 Å². The van der Waals surface area contributed by atoms with Crippen molar-refractivity contribution in [2.45, 2.75) is 25.3 Å². The fourth-order valence-corrected chi connectivity index (χ4v) is 4.00. The van der Waals surface area contributed by atoms with Crippen LogP contribution >= 0.6 is 11.6 Å². The second-order valence-corrected chi connectivity index (χ2v) is 6.25. The average molecular weight is 309 g/mol. The smallest absolute Gasteiger partial charge is 0.326 e. The molecule has 2 aliphatic rings. The number of nitrogens with zero attached hydrogens (tertiary/aromatic N) is 1. The van der Waals surface area contributed by atoms with Crippen LogP contribution in [0.25, 0.3) is 0 Å². The Bertz CT molecular complexity index is 605. The summed E-state index contributed by atoms with van der Waals surface area (Å²) in [6.45, 7) is 0.656. The number of aliphatic carboxylic acids is 1. The second kappa shape index (κ2) is 5.22. The predicted molar refractivity (Wildman–Crippen MR) is 79.6 cm³/mol. The molecule has 3 unspecified atom stereocenters. The van der Waals surface area contributed by atoms with Crippen LogP contribution in [0.2, 0.25) is 5.02 Å². The van der Waals surface area contributed by atoms with Gasteiger partial charge >= 0.3 is 5.97 Å². The number of amides is 1. The molecule has 0 bridgehead atoms. The third-order valence-electron chi connectivity index (χ3n) is 4.68. The number of halogens is 1. The van der Waals surface area contributed by atoms with E-state index in [1.165, 1.54) is 6.07 Å². The zero-order valence-corrected chi connectivity index (χ0v) is 12.2. The van der Waals surface area contributed by atoms with Gasteiger partial charge in [-0.25, -0.2) is 4.79 Å². The molecule has 0 radical (unpaired) electrons. The molecule has 1 amide bonds. The van der Waals surface area contributed by atoms with Crippen LogP contribution < -0.4 is 10.6 Å². The number of carboxylic acid groups (broad SMARTS) is 1. The lowest BCUT2D eigenvalue weighted by atomic mass is 9.94. The Morgan fingerprint density at radius 2 is 2.10 bits per heavy atom. The molecule has 1 aliphatic carbocycles. The first-order valence-corrected chi connectivity index (χ1v) is 7.45. The molecule has 0 aromatic heterocycles. The first-order chi connectivity index (χ1) is 9.99. The van der Waals surface area contributed by atoms with Crippen LogP contribution in [0, 0.1) is 11.8 Å². The normalized spacial score (nSPS) is 27.7. The molecule has 6 heteroatoms. The number of hydrogen-bond donors (Lipinski definition) is 2. The summed E-state index contributed by atoms with van der Waals surface area (Å²) in [5.74, 6) is -0.898. The van der Waals surface area contributed by atoms with Gasteiger partial charge in [0.25, 0.3) is 5.91 Å². The molecule has 1 aromatic rings. The van der Waals surface area contributed by atoms with Gasteiger partial charge in [0.2, 0.25) is 0 Å². The molecule has 0 spiro atoms. The molecule has 2 fully saturated rings.